The number of sulfone groups is 1. The summed E-state index contributed by atoms with van der Waals surface area (Å²) in [6.45, 7) is 2.97. The second kappa shape index (κ2) is 8.44. The molecule has 0 N–H and O–H groups in total. The molecule has 0 bridgehead atoms. The molecule has 3 heterocycles. The third-order valence-corrected chi connectivity index (χ3v) is 8.11. The van der Waals surface area contributed by atoms with Gasteiger partial charge in [-0.15, -0.1) is 10.2 Å². The molecule has 0 aliphatic heterocycles. The van der Waals surface area contributed by atoms with Crippen molar-refractivity contribution in [2.75, 3.05) is 17.8 Å². The topological polar surface area (TPSA) is 137 Å². The third kappa shape index (κ3) is 4.88. The SMILES string of the molecule is CCS(=O)(=O)c1cc(C(=O)N=S(C)(=O)CC)cnc1-c1nc2cc(C(F)(F)F)nnc2n1C. The van der Waals surface area contributed by atoms with Crippen molar-refractivity contribution >= 4 is 36.6 Å². The minimum absolute atomic E-state index is 0.0246. The van der Waals surface area contributed by atoms with Gasteiger partial charge in [-0.05, 0) is 6.07 Å². The highest BCUT2D eigenvalue weighted by Crippen LogP contribution is 2.31. The second-order valence-electron chi connectivity index (χ2n) is 7.05. The van der Waals surface area contributed by atoms with Crippen LogP contribution in [0.15, 0.2) is 27.6 Å². The molecule has 0 fully saturated rings. The van der Waals surface area contributed by atoms with Gasteiger partial charge in [0.15, 0.2) is 27.0 Å². The number of hydrogen-bond donors (Lipinski definition) is 0. The molecule has 178 valence electrons. The van der Waals surface area contributed by atoms with Gasteiger partial charge in [0.25, 0.3) is 5.91 Å². The first-order chi connectivity index (χ1) is 15.2. The Bertz CT molecular complexity index is 1490. The Morgan fingerprint density at radius 1 is 1.12 bits per heavy atom. The van der Waals surface area contributed by atoms with Crippen LogP contribution in [-0.4, -0.2) is 61.0 Å². The first-order valence-corrected chi connectivity index (χ1v) is 13.2. The highest BCUT2D eigenvalue weighted by molar-refractivity contribution is 7.93. The molecule has 3 aromatic rings. The van der Waals surface area contributed by atoms with Gasteiger partial charge in [-0.2, -0.15) is 17.5 Å². The highest BCUT2D eigenvalue weighted by atomic mass is 32.2. The number of hydrogen-bond acceptors (Lipinski definition) is 8. The average molecular weight is 505 g/mol. The smallest absolute Gasteiger partial charge is 0.309 e. The van der Waals surface area contributed by atoms with Crippen LogP contribution in [0.3, 0.4) is 0 Å². The maximum atomic E-state index is 13.0. The van der Waals surface area contributed by atoms with Crippen LogP contribution in [0, 0.1) is 0 Å². The predicted molar refractivity (Wildman–Crippen MR) is 114 cm³/mol. The zero-order chi connectivity index (χ0) is 24.8. The lowest BCUT2D eigenvalue weighted by Crippen LogP contribution is -2.12. The first kappa shape index (κ1) is 24.7. The maximum Gasteiger partial charge on any atom is 0.435 e. The van der Waals surface area contributed by atoms with E-state index in [0.29, 0.717) is 6.07 Å². The monoisotopic (exact) mass is 504 g/mol. The number of halogens is 3. The lowest BCUT2D eigenvalue weighted by Gasteiger charge is -2.10. The van der Waals surface area contributed by atoms with E-state index in [1.54, 1.807) is 6.92 Å². The molecule has 3 rings (SSSR count). The number of aromatic nitrogens is 5. The van der Waals surface area contributed by atoms with E-state index >= 15 is 0 Å². The molecule has 33 heavy (non-hydrogen) atoms. The number of amides is 1. The number of imidazole rings is 1. The summed E-state index contributed by atoms with van der Waals surface area (Å²) in [7, 11) is -5.35. The normalized spacial score (nSPS) is 14.3. The van der Waals surface area contributed by atoms with E-state index in [9.17, 15) is 30.6 Å². The summed E-state index contributed by atoms with van der Waals surface area (Å²) in [6, 6.07) is 1.74. The minimum Gasteiger partial charge on any atom is -0.309 e. The van der Waals surface area contributed by atoms with Crippen LogP contribution in [0.4, 0.5) is 13.2 Å². The molecular formula is C18H19F3N6O4S2. The number of rotatable bonds is 5. The summed E-state index contributed by atoms with van der Waals surface area (Å²) in [5.41, 5.74) is -1.83. The summed E-state index contributed by atoms with van der Waals surface area (Å²) in [4.78, 5) is 20.2. The van der Waals surface area contributed by atoms with Gasteiger partial charge in [0.05, 0.1) is 25.9 Å². The molecule has 0 aliphatic rings. The molecule has 0 spiro atoms. The van der Waals surface area contributed by atoms with E-state index in [1.807, 2.05) is 0 Å². The third-order valence-electron chi connectivity index (χ3n) is 4.75. The summed E-state index contributed by atoms with van der Waals surface area (Å²) >= 11 is 0. The van der Waals surface area contributed by atoms with Crippen LogP contribution in [0.1, 0.15) is 29.9 Å². The van der Waals surface area contributed by atoms with Crippen molar-refractivity contribution in [1.82, 2.24) is 24.7 Å². The van der Waals surface area contributed by atoms with Gasteiger partial charge in [-0.1, -0.05) is 13.8 Å². The fourth-order valence-corrected chi connectivity index (χ4v) is 4.39. The maximum absolute atomic E-state index is 13.0. The van der Waals surface area contributed by atoms with E-state index in [1.165, 1.54) is 24.8 Å². The molecule has 0 saturated carbocycles. The number of pyridine rings is 1. The molecule has 0 saturated heterocycles. The van der Waals surface area contributed by atoms with Crippen molar-refractivity contribution in [3.05, 3.63) is 29.6 Å². The summed E-state index contributed by atoms with van der Waals surface area (Å²) < 4.78 is 81.6. The van der Waals surface area contributed by atoms with Gasteiger partial charge < -0.3 is 4.57 Å². The van der Waals surface area contributed by atoms with Crippen molar-refractivity contribution in [3.8, 4) is 11.5 Å². The Morgan fingerprint density at radius 3 is 2.36 bits per heavy atom. The second-order valence-corrected chi connectivity index (χ2v) is 12.0. The summed E-state index contributed by atoms with van der Waals surface area (Å²) in [6.07, 6.45) is -2.39. The number of alkyl halides is 3. The average Bonchev–Trinajstić information content (AvgIpc) is 3.08. The van der Waals surface area contributed by atoms with Crippen molar-refractivity contribution < 1.29 is 30.6 Å². The standard InChI is InChI=1S/C18H19F3N6O4S2/c1-5-32(4,29)26-17(28)10-7-12(33(30,31)6-2)14(22-9-10)16-23-11-8-13(18(19,20)21)24-25-15(11)27(16)3/h7-9H,5-6H2,1-4H3. The fraction of sp³-hybridized carbons (Fsp3) is 0.389. The number of nitrogens with zero attached hydrogens (tertiary/aromatic N) is 6. The molecule has 0 radical (unpaired) electrons. The number of fused-ring (bicyclic) bond motifs is 1. The van der Waals surface area contributed by atoms with Crippen LogP contribution in [0.2, 0.25) is 0 Å². The van der Waals surface area contributed by atoms with Gasteiger partial charge in [-0.3, -0.25) is 9.78 Å². The van der Waals surface area contributed by atoms with E-state index < -0.39 is 37.3 Å². The number of carbonyl (C=O) groups is 1. The van der Waals surface area contributed by atoms with Crippen molar-refractivity contribution in [3.63, 3.8) is 0 Å². The molecule has 15 heteroatoms. The molecule has 0 aromatic carbocycles. The lowest BCUT2D eigenvalue weighted by atomic mass is 10.2. The molecule has 0 aliphatic carbocycles. The summed E-state index contributed by atoms with van der Waals surface area (Å²) in [5, 5.41) is 6.71. The minimum atomic E-state index is -4.74. The van der Waals surface area contributed by atoms with Gasteiger partial charge >= 0.3 is 6.18 Å². The Balaban J connectivity index is 2.26. The van der Waals surface area contributed by atoms with E-state index in [2.05, 4.69) is 24.5 Å². The van der Waals surface area contributed by atoms with Crippen molar-refractivity contribution in [2.24, 2.45) is 11.4 Å². The number of carbonyl (C=O) groups excluding carboxylic acids is 1. The number of aryl methyl sites for hydroxylation is 1. The van der Waals surface area contributed by atoms with E-state index in [4.69, 9.17) is 0 Å². The zero-order valence-corrected chi connectivity index (χ0v) is 19.5. The Labute approximate surface area is 187 Å². The quantitative estimate of drug-likeness (QED) is 0.517. The van der Waals surface area contributed by atoms with Gasteiger partial charge in [0.2, 0.25) is 0 Å². The summed E-state index contributed by atoms with van der Waals surface area (Å²) in [5.74, 6) is -1.22. The van der Waals surface area contributed by atoms with Crippen LogP contribution >= 0.6 is 0 Å². The molecule has 1 amide bonds. The lowest BCUT2D eigenvalue weighted by molar-refractivity contribution is -0.141. The molecular weight excluding hydrogens is 485 g/mol. The van der Waals surface area contributed by atoms with Gasteiger partial charge in [0.1, 0.15) is 11.2 Å². The van der Waals surface area contributed by atoms with E-state index in [-0.39, 0.29) is 44.6 Å². The molecule has 1 unspecified atom stereocenters. The Morgan fingerprint density at radius 2 is 1.79 bits per heavy atom. The zero-order valence-electron chi connectivity index (χ0n) is 17.9. The highest BCUT2D eigenvalue weighted by Gasteiger charge is 2.34. The first-order valence-electron chi connectivity index (χ1n) is 9.45. The largest absolute Gasteiger partial charge is 0.435 e. The fourth-order valence-electron chi connectivity index (χ4n) is 2.75. The van der Waals surface area contributed by atoms with Crippen LogP contribution < -0.4 is 0 Å². The van der Waals surface area contributed by atoms with Crippen molar-refractivity contribution in [1.29, 1.82) is 0 Å². The molecule has 3 aromatic heterocycles. The Kier molecular flexibility index (Phi) is 6.32. The van der Waals surface area contributed by atoms with Crippen LogP contribution in [0.25, 0.3) is 22.7 Å². The van der Waals surface area contributed by atoms with Gasteiger partial charge in [-0.25, -0.2) is 17.6 Å². The van der Waals surface area contributed by atoms with Gasteiger partial charge in [0, 0.05) is 31.3 Å². The van der Waals surface area contributed by atoms with Crippen LogP contribution in [-0.2, 0) is 32.8 Å². The van der Waals surface area contributed by atoms with Crippen LogP contribution in [0.5, 0.6) is 0 Å². The molecule has 10 nitrogen and oxygen atoms in total. The van der Waals surface area contributed by atoms with Crippen molar-refractivity contribution in [2.45, 2.75) is 24.9 Å². The molecule has 1 atom stereocenters. The Hall–Kier alpha value is -2.94. The predicted octanol–water partition coefficient (Wildman–Crippen LogP) is 2.50. The van der Waals surface area contributed by atoms with E-state index in [0.717, 1.165) is 12.3 Å².